The number of rotatable bonds is 2. The number of oxime groups is 1. The van der Waals surface area contributed by atoms with E-state index in [1.807, 2.05) is 0 Å². The number of hydrogen-bond acceptors (Lipinski definition) is 4. The number of ether oxygens (including phenoxy) is 1. The molecule has 1 aliphatic heterocycles. The molecule has 1 atom stereocenters. The van der Waals surface area contributed by atoms with Crippen molar-refractivity contribution in [3.63, 3.8) is 0 Å². The van der Waals surface area contributed by atoms with Gasteiger partial charge in [-0.15, -0.1) is 0 Å². The number of methoxy groups -OCH3 is 1. The van der Waals surface area contributed by atoms with Gasteiger partial charge in [0.25, 0.3) is 0 Å². The third-order valence-corrected chi connectivity index (χ3v) is 2.96. The van der Waals surface area contributed by atoms with Crippen molar-refractivity contribution in [1.29, 1.82) is 0 Å². The first-order chi connectivity index (χ1) is 8.65. The van der Waals surface area contributed by atoms with Crippen LogP contribution in [0.3, 0.4) is 0 Å². The highest BCUT2D eigenvalue weighted by Crippen LogP contribution is 2.26. The highest BCUT2D eigenvalue weighted by Gasteiger charge is 2.28. The van der Waals surface area contributed by atoms with Crippen molar-refractivity contribution in [3.8, 4) is 5.75 Å². The molecule has 0 aromatic heterocycles. The Balaban J connectivity index is 2.33. The number of hydrogen-bond donors (Lipinski definition) is 2. The number of carbonyl (C=O) groups excluding carboxylic acids is 1. The van der Waals surface area contributed by atoms with Crippen molar-refractivity contribution in [1.82, 2.24) is 5.32 Å². The van der Waals surface area contributed by atoms with E-state index in [0.29, 0.717) is 11.3 Å². The Kier molecular flexibility index (Phi) is 3.45. The molecule has 0 bridgehead atoms. The van der Waals surface area contributed by atoms with Gasteiger partial charge in [-0.2, -0.15) is 0 Å². The van der Waals surface area contributed by atoms with Gasteiger partial charge in [-0.25, -0.2) is 4.39 Å². The molecule has 2 rings (SSSR count). The lowest BCUT2D eigenvalue weighted by atomic mass is 9.89. The molecule has 0 saturated carbocycles. The monoisotopic (exact) mass is 252 g/mol. The normalized spacial score (nSPS) is 21.8. The van der Waals surface area contributed by atoms with Gasteiger partial charge in [-0.1, -0.05) is 11.2 Å². The fraction of sp³-hybridized carbons (Fsp3) is 0.333. The van der Waals surface area contributed by atoms with E-state index in [2.05, 4.69) is 10.5 Å². The number of nitrogens with one attached hydrogen (secondary N) is 1. The number of amides is 1. The summed E-state index contributed by atoms with van der Waals surface area (Å²) < 4.78 is 18.8. The highest BCUT2D eigenvalue weighted by molar-refractivity contribution is 6.06. The van der Waals surface area contributed by atoms with Crippen LogP contribution in [0.25, 0.3) is 0 Å². The maximum Gasteiger partial charge on any atom is 0.225 e. The molecule has 1 aliphatic rings. The first-order valence-corrected chi connectivity index (χ1v) is 5.46. The third-order valence-electron chi connectivity index (χ3n) is 2.96. The summed E-state index contributed by atoms with van der Waals surface area (Å²) in [6.45, 7) is 0.224. The van der Waals surface area contributed by atoms with E-state index < -0.39 is 11.7 Å². The minimum atomic E-state index is -0.448. The van der Waals surface area contributed by atoms with E-state index in [9.17, 15) is 9.18 Å². The maximum atomic E-state index is 13.9. The lowest BCUT2D eigenvalue weighted by Gasteiger charge is -2.24. The van der Waals surface area contributed by atoms with Crippen LogP contribution in [0.4, 0.5) is 4.39 Å². The molecule has 6 heteroatoms. The average Bonchev–Trinajstić information content (AvgIpc) is 2.39. The van der Waals surface area contributed by atoms with Crippen LogP contribution in [0.2, 0.25) is 0 Å². The molecular weight excluding hydrogens is 239 g/mol. The van der Waals surface area contributed by atoms with Crippen molar-refractivity contribution in [2.45, 2.75) is 12.3 Å². The maximum absolute atomic E-state index is 13.9. The average molecular weight is 252 g/mol. The van der Waals surface area contributed by atoms with Crippen molar-refractivity contribution in [2.75, 3.05) is 13.7 Å². The second-order valence-corrected chi connectivity index (χ2v) is 4.01. The van der Waals surface area contributed by atoms with Gasteiger partial charge in [-0.3, -0.25) is 4.79 Å². The molecule has 1 unspecified atom stereocenters. The summed E-state index contributed by atoms with van der Waals surface area (Å²) in [5, 5.41) is 14.6. The smallest absolute Gasteiger partial charge is 0.225 e. The highest BCUT2D eigenvalue weighted by atomic mass is 19.1. The van der Waals surface area contributed by atoms with Crippen LogP contribution in [0.1, 0.15) is 17.9 Å². The Morgan fingerprint density at radius 3 is 2.94 bits per heavy atom. The summed E-state index contributed by atoms with van der Waals surface area (Å²) in [7, 11) is 1.45. The summed E-state index contributed by atoms with van der Waals surface area (Å²) in [5.74, 6) is -0.707. The largest absolute Gasteiger partial charge is 0.497 e. The lowest BCUT2D eigenvalue weighted by Crippen LogP contribution is -2.40. The molecule has 2 N–H and O–H groups in total. The van der Waals surface area contributed by atoms with Crippen LogP contribution in [0, 0.1) is 5.82 Å². The van der Waals surface area contributed by atoms with Gasteiger partial charge in [0, 0.05) is 18.5 Å². The summed E-state index contributed by atoms with van der Waals surface area (Å²) in [6, 6.07) is 4.46. The summed E-state index contributed by atoms with van der Waals surface area (Å²) in [6.07, 6.45) is -0.0212. The fourth-order valence-electron chi connectivity index (χ4n) is 2.00. The van der Waals surface area contributed by atoms with Gasteiger partial charge >= 0.3 is 0 Å². The van der Waals surface area contributed by atoms with Gasteiger partial charge in [0.1, 0.15) is 11.6 Å². The zero-order valence-electron chi connectivity index (χ0n) is 9.81. The topological polar surface area (TPSA) is 70.9 Å². The van der Waals surface area contributed by atoms with Gasteiger partial charge in [0.15, 0.2) is 0 Å². The van der Waals surface area contributed by atoms with Crippen LogP contribution in [-0.4, -0.2) is 30.5 Å². The second-order valence-electron chi connectivity index (χ2n) is 4.01. The Bertz CT molecular complexity index is 502. The predicted octanol–water partition coefficient (Wildman–Crippen LogP) is 1.27. The van der Waals surface area contributed by atoms with Gasteiger partial charge in [0.05, 0.1) is 19.2 Å². The summed E-state index contributed by atoms with van der Waals surface area (Å²) in [4.78, 5) is 11.2. The quantitative estimate of drug-likeness (QED) is 0.615. The van der Waals surface area contributed by atoms with E-state index in [4.69, 9.17) is 9.94 Å². The van der Waals surface area contributed by atoms with E-state index >= 15 is 0 Å². The molecule has 0 spiro atoms. The van der Waals surface area contributed by atoms with Crippen molar-refractivity contribution >= 4 is 11.6 Å². The molecule has 1 aromatic rings. The standard InChI is InChI=1S/C12H13FN2O3/c1-18-7-2-3-8(10(13)4-7)9-6-14-12(16)5-11(9)15-17/h2-4,9,17H,5-6H2,1H3,(H,14,16). The molecule has 0 radical (unpaired) electrons. The van der Waals surface area contributed by atoms with Crippen LogP contribution in [0.5, 0.6) is 5.75 Å². The van der Waals surface area contributed by atoms with Crippen molar-refractivity contribution in [3.05, 3.63) is 29.6 Å². The summed E-state index contributed by atoms with van der Waals surface area (Å²) in [5.41, 5.74) is 0.645. The zero-order valence-corrected chi connectivity index (χ0v) is 9.81. The molecule has 96 valence electrons. The van der Waals surface area contributed by atoms with E-state index in [0.717, 1.165) is 0 Å². The minimum Gasteiger partial charge on any atom is -0.497 e. The number of benzene rings is 1. The van der Waals surface area contributed by atoms with E-state index in [-0.39, 0.29) is 24.6 Å². The Morgan fingerprint density at radius 1 is 1.56 bits per heavy atom. The predicted molar refractivity (Wildman–Crippen MR) is 62.5 cm³/mol. The molecule has 1 heterocycles. The number of halogens is 1. The van der Waals surface area contributed by atoms with Crippen LogP contribution < -0.4 is 10.1 Å². The van der Waals surface area contributed by atoms with Crippen LogP contribution in [-0.2, 0) is 4.79 Å². The molecule has 1 fully saturated rings. The van der Waals surface area contributed by atoms with Gasteiger partial charge in [-0.05, 0) is 11.6 Å². The SMILES string of the molecule is COc1ccc(C2CNC(=O)CC2=NO)c(F)c1. The summed E-state index contributed by atoms with van der Waals surface area (Å²) >= 11 is 0. The molecule has 1 saturated heterocycles. The molecule has 1 aromatic carbocycles. The second kappa shape index (κ2) is 5.03. The number of carbonyl (C=O) groups is 1. The number of piperidine rings is 1. The fourth-order valence-corrected chi connectivity index (χ4v) is 2.00. The van der Waals surface area contributed by atoms with Crippen LogP contribution in [0.15, 0.2) is 23.4 Å². The molecule has 1 amide bonds. The van der Waals surface area contributed by atoms with Gasteiger partial charge in [0.2, 0.25) is 5.91 Å². The third kappa shape index (κ3) is 2.27. The molecular formula is C12H13FN2O3. The van der Waals surface area contributed by atoms with Gasteiger partial charge < -0.3 is 15.3 Å². The first-order valence-electron chi connectivity index (χ1n) is 5.46. The van der Waals surface area contributed by atoms with Crippen LogP contribution >= 0.6 is 0 Å². The lowest BCUT2D eigenvalue weighted by molar-refractivity contribution is -0.120. The Hall–Kier alpha value is -2.11. The number of nitrogens with zero attached hydrogens (tertiary/aromatic N) is 1. The zero-order chi connectivity index (χ0) is 13.1. The van der Waals surface area contributed by atoms with E-state index in [1.165, 1.54) is 13.2 Å². The van der Waals surface area contributed by atoms with E-state index in [1.54, 1.807) is 12.1 Å². The van der Waals surface area contributed by atoms with Crippen molar-refractivity contribution in [2.24, 2.45) is 5.16 Å². The van der Waals surface area contributed by atoms with Crippen molar-refractivity contribution < 1.29 is 19.1 Å². The molecule has 5 nitrogen and oxygen atoms in total. The minimum absolute atomic E-state index is 0.0212. The molecule has 18 heavy (non-hydrogen) atoms. The first kappa shape index (κ1) is 12.3. The Labute approximate surface area is 103 Å². The molecule has 0 aliphatic carbocycles. The Morgan fingerprint density at radius 2 is 2.33 bits per heavy atom.